The van der Waals surface area contributed by atoms with Crippen molar-refractivity contribution in [2.45, 2.75) is 13.8 Å². The number of rotatable bonds is 2. The van der Waals surface area contributed by atoms with E-state index in [1.807, 2.05) is 19.1 Å². The molecule has 102 valence electrons. The molecule has 1 aromatic heterocycles. The zero-order valence-electron chi connectivity index (χ0n) is 11.5. The van der Waals surface area contributed by atoms with Crippen LogP contribution in [-0.2, 0) is 0 Å². The number of aromatic hydroxyl groups is 1. The highest BCUT2D eigenvalue weighted by Crippen LogP contribution is 2.28. The summed E-state index contributed by atoms with van der Waals surface area (Å²) in [5.74, 6) is 0.0714. The van der Waals surface area contributed by atoms with Gasteiger partial charge in [-0.2, -0.15) is 5.26 Å². The fourth-order valence-electron chi connectivity index (χ4n) is 2.06. The number of aromatic nitrogens is 1. The maximum absolute atomic E-state index is 12.1. The van der Waals surface area contributed by atoms with E-state index in [9.17, 15) is 9.90 Å². The fraction of sp³-hybridized carbons (Fsp3) is 0.200. The van der Waals surface area contributed by atoms with Crippen LogP contribution in [0.2, 0.25) is 0 Å². The molecule has 0 bridgehead atoms. The molecule has 0 fully saturated rings. The molecule has 1 aromatic carbocycles. The molecule has 0 amide bonds. The smallest absolute Gasteiger partial charge is 0.258 e. The minimum atomic E-state index is -0.414. The highest BCUT2D eigenvalue weighted by atomic mass is 16.5. The predicted molar refractivity (Wildman–Crippen MR) is 74.4 cm³/mol. The molecule has 2 aromatic rings. The second-order valence-electron chi connectivity index (χ2n) is 4.49. The van der Waals surface area contributed by atoms with Crippen LogP contribution in [0.5, 0.6) is 11.6 Å². The molecule has 0 spiro atoms. The first-order valence-corrected chi connectivity index (χ1v) is 6.00. The molecular formula is C15H14N2O3. The van der Waals surface area contributed by atoms with Gasteiger partial charge >= 0.3 is 0 Å². The van der Waals surface area contributed by atoms with Crippen LogP contribution < -0.4 is 10.3 Å². The molecule has 1 heterocycles. The van der Waals surface area contributed by atoms with Crippen LogP contribution in [0.15, 0.2) is 29.1 Å². The highest BCUT2D eigenvalue weighted by Gasteiger charge is 2.16. The quantitative estimate of drug-likeness (QED) is 0.906. The monoisotopic (exact) mass is 270 g/mol. The van der Waals surface area contributed by atoms with Gasteiger partial charge in [0.15, 0.2) is 0 Å². The predicted octanol–water partition coefficient (Wildman–Crippen LogP) is 2.04. The Morgan fingerprint density at radius 3 is 2.60 bits per heavy atom. The standard InChI is InChI=1S/C15H14N2O3/c1-9-4-5-13(20-3)12(6-9)17-14(18)7-10(2)11(8-16)15(17)19/h4-7,19H,1-3H3. The van der Waals surface area contributed by atoms with Gasteiger partial charge in [-0.25, -0.2) is 4.57 Å². The van der Waals surface area contributed by atoms with Gasteiger partial charge in [0.2, 0.25) is 5.88 Å². The van der Waals surface area contributed by atoms with E-state index < -0.39 is 5.56 Å². The third-order valence-electron chi connectivity index (χ3n) is 3.08. The Labute approximate surface area is 116 Å². The molecule has 20 heavy (non-hydrogen) atoms. The van der Waals surface area contributed by atoms with Crippen molar-refractivity contribution in [3.63, 3.8) is 0 Å². The van der Waals surface area contributed by atoms with Crippen LogP contribution in [0, 0.1) is 25.2 Å². The van der Waals surface area contributed by atoms with E-state index in [0.717, 1.165) is 10.1 Å². The van der Waals surface area contributed by atoms with Crippen molar-refractivity contribution >= 4 is 0 Å². The maximum Gasteiger partial charge on any atom is 0.258 e. The molecule has 0 aliphatic rings. The summed E-state index contributed by atoms with van der Waals surface area (Å²) < 4.78 is 6.30. The largest absolute Gasteiger partial charge is 0.495 e. The van der Waals surface area contributed by atoms with Crippen molar-refractivity contribution in [1.29, 1.82) is 5.26 Å². The van der Waals surface area contributed by atoms with E-state index in [-0.39, 0.29) is 11.4 Å². The molecule has 5 nitrogen and oxygen atoms in total. The average Bonchev–Trinajstić information content (AvgIpc) is 2.39. The summed E-state index contributed by atoms with van der Waals surface area (Å²) in [7, 11) is 1.48. The van der Waals surface area contributed by atoms with E-state index in [0.29, 0.717) is 17.0 Å². The normalized spacial score (nSPS) is 10.1. The summed E-state index contributed by atoms with van der Waals surface area (Å²) in [6, 6.07) is 8.49. The van der Waals surface area contributed by atoms with E-state index in [4.69, 9.17) is 10.00 Å². The summed E-state index contributed by atoms with van der Waals surface area (Å²) in [4.78, 5) is 12.1. The Hall–Kier alpha value is -2.74. The van der Waals surface area contributed by atoms with Gasteiger partial charge in [-0.3, -0.25) is 4.79 Å². The topological polar surface area (TPSA) is 75.2 Å². The lowest BCUT2D eigenvalue weighted by Crippen LogP contribution is -2.19. The third-order valence-corrected chi connectivity index (χ3v) is 3.08. The lowest BCUT2D eigenvalue weighted by Gasteiger charge is -2.14. The number of pyridine rings is 1. The van der Waals surface area contributed by atoms with Crippen LogP contribution in [0.3, 0.4) is 0 Å². The summed E-state index contributed by atoms with van der Waals surface area (Å²) in [5.41, 5.74) is 1.42. The molecule has 0 radical (unpaired) electrons. The average molecular weight is 270 g/mol. The molecule has 0 unspecified atom stereocenters. The van der Waals surface area contributed by atoms with Crippen LogP contribution >= 0.6 is 0 Å². The number of methoxy groups -OCH3 is 1. The Kier molecular flexibility index (Phi) is 3.49. The molecule has 0 aliphatic carbocycles. The summed E-state index contributed by atoms with van der Waals surface area (Å²) in [6.07, 6.45) is 0. The second-order valence-corrected chi connectivity index (χ2v) is 4.49. The van der Waals surface area contributed by atoms with Crippen LogP contribution in [0.4, 0.5) is 0 Å². The number of nitriles is 1. The summed E-state index contributed by atoms with van der Waals surface area (Å²) in [5, 5.41) is 19.3. The third kappa shape index (κ3) is 2.12. The summed E-state index contributed by atoms with van der Waals surface area (Å²) >= 11 is 0. The van der Waals surface area contributed by atoms with Crippen molar-refractivity contribution in [2.75, 3.05) is 7.11 Å². The molecule has 0 saturated carbocycles. The van der Waals surface area contributed by atoms with Crippen LogP contribution in [-0.4, -0.2) is 16.8 Å². The van der Waals surface area contributed by atoms with Crippen molar-refractivity contribution in [3.8, 4) is 23.4 Å². The SMILES string of the molecule is COc1ccc(C)cc1-n1c(O)c(C#N)c(C)cc1=O. The first kappa shape index (κ1) is 13.7. The minimum absolute atomic E-state index is 0.0770. The minimum Gasteiger partial charge on any atom is -0.495 e. The Morgan fingerprint density at radius 1 is 1.30 bits per heavy atom. The number of nitrogens with zero attached hydrogens (tertiary/aromatic N) is 2. The van der Waals surface area contributed by atoms with E-state index in [1.54, 1.807) is 19.1 Å². The van der Waals surface area contributed by atoms with Gasteiger partial charge in [-0.15, -0.1) is 0 Å². The van der Waals surface area contributed by atoms with Crippen molar-refractivity contribution in [1.82, 2.24) is 4.57 Å². The zero-order valence-corrected chi connectivity index (χ0v) is 11.5. The van der Waals surface area contributed by atoms with E-state index in [2.05, 4.69) is 0 Å². The Balaban J connectivity index is 2.87. The van der Waals surface area contributed by atoms with Crippen molar-refractivity contribution in [2.24, 2.45) is 0 Å². The summed E-state index contributed by atoms with van der Waals surface area (Å²) in [6.45, 7) is 3.47. The lowest BCUT2D eigenvalue weighted by atomic mass is 10.1. The number of ether oxygens (including phenoxy) is 1. The number of benzene rings is 1. The fourth-order valence-corrected chi connectivity index (χ4v) is 2.06. The van der Waals surface area contributed by atoms with Crippen LogP contribution in [0.1, 0.15) is 16.7 Å². The van der Waals surface area contributed by atoms with Gasteiger partial charge in [-0.1, -0.05) is 6.07 Å². The van der Waals surface area contributed by atoms with Gasteiger partial charge in [0.1, 0.15) is 17.4 Å². The molecule has 0 atom stereocenters. The first-order chi connectivity index (χ1) is 9.49. The van der Waals surface area contributed by atoms with E-state index >= 15 is 0 Å². The molecule has 2 rings (SSSR count). The Morgan fingerprint density at radius 2 is 2.00 bits per heavy atom. The molecule has 1 N–H and O–H groups in total. The van der Waals surface area contributed by atoms with Gasteiger partial charge in [0.05, 0.1) is 12.8 Å². The number of hydrogen-bond donors (Lipinski definition) is 1. The van der Waals surface area contributed by atoms with Gasteiger partial charge in [0, 0.05) is 6.07 Å². The van der Waals surface area contributed by atoms with Gasteiger partial charge < -0.3 is 9.84 Å². The Bertz CT molecular complexity index is 770. The van der Waals surface area contributed by atoms with E-state index in [1.165, 1.54) is 13.2 Å². The van der Waals surface area contributed by atoms with Gasteiger partial charge in [0.25, 0.3) is 5.56 Å². The van der Waals surface area contributed by atoms with Crippen LogP contribution in [0.25, 0.3) is 5.69 Å². The molecule has 5 heteroatoms. The van der Waals surface area contributed by atoms with Crippen molar-refractivity contribution in [3.05, 3.63) is 51.3 Å². The number of aryl methyl sites for hydroxylation is 2. The molecular weight excluding hydrogens is 256 g/mol. The second kappa shape index (κ2) is 5.10. The maximum atomic E-state index is 12.1. The molecule has 0 aliphatic heterocycles. The first-order valence-electron chi connectivity index (χ1n) is 6.00. The lowest BCUT2D eigenvalue weighted by molar-refractivity contribution is 0.402. The van der Waals surface area contributed by atoms with Gasteiger partial charge in [-0.05, 0) is 37.1 Å². The highest BCUT2D eigenvalue weighted by molar-refractivity contribution is 5.54. The zero-order chi connectivity index (χ0) is 14.9. The molecule has 0 saturated heterocycles. The van der Waals surface area contributed by atoms with Crippen molar-refractivity contribution < 1.29 is 9.84 Å². The number of hydrogen-bond acceptors (Lipinski definition) is 4.